The lowest BCUT2D eigenvalue weighted by Gasteiger charge is -2.26. The molecule has 1 fully saturated rings. The molecule has 1 aliphatic rings. The summed E-state index contributed by atoms with van der Waals surface area (Å²) in [4.78, 5) is 5.21. The molecule has 152 valence electrons. The van der Waals surface area contributed by atoms with Crippen LogP contribution in [0.4, 0.5) is 0 Å². The predicted molar refractivity (Wildman–Crippen MR) is 112 cm³/mol. The first-order valence-corrected chi connectivity index (χ1v) is 11.0. The lowest BCUT2D eigenvalue weighted by atomic mass is 9.94. The predicted octanol–water partition coefficient (Wildman–Crippen LogP) is 4.36. The summed E-state index contributed by atoms with van der Waals surface area (Å²) in [5, 5.41) is -0.439. The summed E-state index contributed by atoms with van der Waals surface area (Å²) in [6, 6.07) is 5.39. The monoisotopic (exact) mass is 414 g/mol. The van der Waals surface area contributed by atoms with Crippen molar-refractivity contribution in [1.82, 2.24) is 9.55 Å². The molecule has 0 bridgehead atoms. The van der Waals surface area contributed by atoms with E-state index in [4.69, 9.17) is 9.72 Å². The van der Waals surface area contributed by atoms with Gasteiger partial charge >= 0.3 is 0 Å². The van der Waals surface area contributed by atoms with Crippen molar-refractivity contribution < 1.29 is 13.2 Å². The van der Waals surface area contributed by atoms with Crippen LogP contribution in [0.5, 0.6) is 0 Å². The van der Waals surface area contributed by atoms with Gasteiger partial charge in [-0.15, -0.1) is 12.4 Å². The molecule has 0 unspecified atom stereocenters. The van der Waals surface area contributed by atoms with Gasteiger partial charge in [-0.3, -0.25) is 0 Å². The Morgan fingerprint density at radius 3 is 2.41 bits per heavy atom. The van der Waals surface area contributed by atoms with E-state index in [0.717, 1.165) is 49.5 Å². The zero-order valence-electron chi connectivity index (χ0n) is 16.9. The molecule has 27 heavy (non-hydrogen) atoms. The van der Waals surface area contributed by atoms with Gasteiger partial charge in [0.15, 0.2) is 9.84 Å². The molecule has 1 saturated heterocycles. The Morgan fingerprint density at radius 1 is 1.22 bits per heavy atom. The van der Waals surface area contributed by atoms with E-state index >= 15 is 0 Å². The van der Waals surface area contributed by atoms with Crippen LogP contribution in [-0.2, 0) is 26.5 Å². The van der Waals surface area contributed by atoms with Crippen LogP contribution in [0.3, 0.4) is 0 Å². The van der Waals surface area contributed by atoms with Crippen LogP contribution in [0, 0.1) is 5.92 Å². The fourth-order valence-corrected chi connectivity index (χ4v) is 4.58. The molecule has 0 spiro atoms. The van der Waals surface area contributed by atoms with Gasteiger partial charge in [-0.25, -0.2) is 13.4 Å². The molecule has 2 heterocycles. The molecule has 0 amide bonds. The van der Waals surface area contributed by atoms with E-state index < -0.39 is 15.1 Å². The van der Waals surface area contributed by atoms with Crippen LogP contribution in [0.15, 0.2) is 23.1 Å². The first kappa shape index (κ1) is 22.2. The number of rotatable bonds is 4. The summed E-state index contributed by atoms with van der Waals surface area (Å²) in [7, 11) is -3.30. The first-order chi connectivity index (χ1) is 12.1. The van der Waals surface area contributed by atoms with Crippen LogP contribution in [0.2, 0.25) is 0 Å². The maximum atomic E-state index is 12.5. The Bertz CT molecular complexity index is 892. The van der Waals surface area contributed by atoms with Crippen molar-refractivity contribution >= 4 is 33.3 Å². The summed E-state index contributed by atoms with van der Waals surface area (Å²) >= 11 is 0. The van der Waals surface area contributed by atoms with Gasteiger partial charge in [0, 0.05) is 25.2 Å². The number of ether oxygens (including phenoxy) is 1. The summed E-state index contributed by atoms with van der Waals surface area (Å²) in [6.45, 7) is 12.4. The van der Waals surface area contributed by atoms with Gasteiger partial charge in [-0.1, -0.05) is 20.8 Å². The lowest BCUT2D eigenvalue weighted by Crippen LogP contribution is -2.25. The molecule has 7 heteroatoms. The molecule has 0 atom stereocenters. The first-order valence-electron chi connectivity index (χ1n) is 9.43. The van der Waals surface area contributed by atoms with Crippen molar-refractivity contribution in [1.29, 1.82) is 0 Å². The molecule has 3 rings (SSSR count). The number of imidazole rings is 1. The number of sulfone groups is 1. The lowest BCUT2D eigenvalue weighted by molar-refractivity contribution is 0.0611. The molecular formula is C20H31ClN2O3S. The van der Waals surface area contributed by atoms with E-state index in [9.17, 15) is 8.42 Å². The van der Waals surface area contributed by atoms with Crippen molar-refractivity contribution in [2.75, 3.05) is 13.2 Å². The Kier molecular flexibility index (Phi) is 6.65. The number of fused-ring (bicyclic) bond motifs is 1. The molecular weight excluding hydrogens is 384 g/mol. The Morgan fingerprint density at radius 2 is 1.85 bits per heavy atom. The van der Waals surface area contributed by atoms with E-state index in [1.54, 1.807) is 26.0 Å². The average molecular weight is 415 g/mol. The summed E-state index contributed by atoms with van der Waals surface area (Å²) in [5.41, 5.74) is 1.68. The highest BCUT2D eigenvalue weighted by Gasteiger charge is 2.27. The topological polar surface area (TPSA) is 61.2 Å². The van der Waals surface area contributed by atoms with E-state index in [0.29, 0.717) is 10.8 Å². The van der Waals surface area contributed by atoms with Gasteiger partial charge in [0.05, 0.1) is 21.2 Å². The van der Waals surface area contributed by atoms with Crippen molar-refractivity contribution in [2.24, 2.45) is 5.92 Å². The molecule has 0 saturated carbocycles. The Hall–Kier alpha value is -1.11. The van der Waals surface area contributed by atoms with E-state index in [1.165, 1.54) is 0 Å². The highest BCUT2D eigenvalue weighted by molar-refractivity contribution is 7.92. The van der Waals surface area contributed by atoms with Gasteiger partial charge in [-0.2, -0.15) is 0 Å². The van der Waals surface area contributed by atoms with Crippen LogP contribution in [0.25, 0.3) is 11.0 Å². The fraction of sp³-hybridized carbons (Fsp3) is 0.650. The molecule has 0 N–H and O–H groups in total. The molecule has 5 nitrogen and oxygen atoms in total. The minimum atomic E-state index is -3.30. The second-order valence-corrected chi connectivity index (χ2v) is 11.1. The number of nitrogens with zero attached hydrogens (tertiary/aromatic N) is 2. The van der Waals surface area contributed by atoms with E-state index in [1.807, 2.05) is 6.07 Å². The third kappa shape index (κ3) is 4.49. The summed E-state index contributed by atoms with van der Waals surface area (Å²) < 4.78 is 32.8. The standard InChI is InChI=1S/C20H30N2O3S.ClH/c1-14(2)26(23,24)16-6-7-18-17(12-16)21-19(20(3,4)5)22(18)13-15-8-10-25-11-9-15;/h6-7,12,14-15H,8-11,13H2,1-5H3;1H. The molecule has 0 aliphatic carbocycles. The fourth-order valence-electron chi connectivity index (χ4n) is 3.50. The zero-order valence-corrected chi connectivity index (χ0v) is 18.5. The largest absolute Gasteiger partial charge is 0.381 e. The van der Waals surface area contributed by atoms with Crippen LogP contribution in [0.1, 0.15) is 53.3 Å². The molecule has 1 aromatic carbocycles. The van der Waals surface area contributed by atoms with Gasteiger partial charge in [0.25, 0.3) is 0 Å². The van der Waals surface area contributed by atoms with E-state index in [-0.39, 0.29) is 17.8 Å². The van der Waals surface area contributed by atoms with Crippen molar-refractivity contribution in [3.05, 3.63) is 24.0 Å². The minimum absolute atomic E-state index is 0. The smallest absolute Gasteiger partial charge is 0.180 e. The third-order valence-corrected chi connectivity index (χ3v) is 7.27. The van der Waals surface area contributed by atoms with Gasteiger partial charge < -0.3 is 9.30 Å². The molecule has 1 aliphatic heterocycles. The number of aromatic nitrogens is 2. The number of hydrogen-bond acceptors (Lipinski definition) is 4. The van der Waals surface area contributed by atoms with Crippen LogP contribution < -0.4 is 0 Å². The molecule has 1 aromatic heterocycles. The van der Waals surface area contributed by atoms with Crippen LogP contribution >= 0.6 is 12.4 Å². The van der Waals surface area contributed by atoms with Crippen molar-refractivity contribution in [3.63, 3.8) is 0 Å². The zero-order chi connectivity index (χ0) is 19.1. The SMILES string of the molecule is CC(C)S(=O)(=O)c1ccc2c(c1)nc(C(C)(C)C)n2CC1CCOCC1.Cl. The van der Waals surface area contributed by atoms with Gasteiger partial charge in [0.2, 0.25) is 0 Å². The van der Waals surface area contributed by atoms with Crippen molar-refractivity contribution in [3.8, 4) is 0 Å². The maximum Gasteiger partial charge on any atom is 0.180 e. The highest BCUT2D eigenvalue weighted by Crippen LogP contribution is 2.30. The molecule has 2 aromatic rings. The maximum absolute atomic E-state index is 12.5. The second kappa shape index (κ2) is 8.10. The van der Waals surface area contributed by atoms with Crippen molar-refractivity contribution in [2.45, 2.75) is 69.6 Å². The van der Waals surface area contributed by atoms with Gasteiger partial charge in [0.1, 0.15) is 5.82 Å². The van der Waals surface area contributed by atoms with E-state index in [2.05, 4.69) is 25.3 Å². The van der Waals surface area contributed by atoms with Gasteiger partial charge in [-0.05, 0) is 50.8 Å². The van der Waals surface area contributed by atoms with Crippen LogP contribution in [-0.4, -0.2) is 36.4 Å². The summed E-state index contributed by atoms with van der Waals surface area (Å²) in [5.74, 6) is 1.58. The second-order valence-electron chi connectivity index (χ2n) is 8.60. The Labute approximate surface area is 168 Å². The molecule has 0 radical (unpaired) electrons. The number of hydrogen-bond donors (Lipinski definition) is 0. The third-order valence-electron chi connectivity index (χ3n) is 5.12. The quantitative estimate of drug-likeness (QED) is 0.745. The average Bonchev–Trinajstić information content (AvgIpc) is 2.94. The normalized spacial score (nSPS) is 16.7. The number of halogens is 1. The summed E-state index contributed by atoms with van der Waals surface area (Å²) in [6.07, 6.45) is 2.12. The number of benzene rings is 1. The Balaban J connectivity index is 0.00000261. The minimum Gasteiger partial charge on any atom is -0.381 e. The highest BCUT2D eigenvalue weighted by atomic mass is 35.5.